The quantitative estimate of drug-likeness (QED) is 0.546. The molecule has 1 heterocycles. The summed E-state index contributed by atoms with van der Waals surface area (Å²) < 4.78 is 11.3. The summed E-state index contributed by atoms with van der Waals surface area (Å²) in [5.41, 5.74) is 1.93. The summed E-state index contributed by atoms with van der Waals surface area (Å²) in [6.45, 7) is 1.69. The molecule has 0 saturated carbocycles. The maximum absolute atomic E-state index is 12.8. The number of rotatable bonds is 4. The SMILES string of the molecule is COc1cc(/C=C2/C(=O)N(C(=O)c3ccccc3)N=C2C)cc(Br)c1OC. The highest BCUT2D eigenvalue weighted by Gasteiger charge is 2.33. The minimum absolute atomic E-state index is 0.346. The number of hydrazone groups is 1. The van der Waals surface area contributed by atoms with Crippen LogP contribution >= 0.6 is 15.9 Å². The van der Waals surface area contributed by atoms with E-state index in [4.69, 9.17) is 9.47 Å². The Morgan fingerprint density at radius 2 is 1.85 bits per heavy atom. The lowest BCUT2D eigenvalue weighted by Crippen LogP contribution is -2.29. The summed E-state index contributed by atoms with van der Waals surface area (Å²) in [7, 11) is 3.08. The van der Waals surface area contributed by atoms with Gasteiger partial charge >= 0.3 is 0 Å². The molecule has 0 aromatic heterocycles. The molecule has 1 aliphatic rings. The Bertz CT molecular complexity index is 967. The lowest BCUT2D eigenvalue weighted by molar-refractivity contribution is -0.123. The average Bonchev–Trinajstić information content (AvgIpc) is 2.95. The van der Waals surface area contributed by atoms with Crippen LogP contribution in [-0.2, 0) is 4.79 Å². The van der Waals surface area contributed by atoms with Crippen LogP contribution in [0.4, 0.5) is 0 Å². The van der Waals surface area contributed by atoms with Crippen LogP contribution in [0.2, 0.25) is 0 Å². The van der Waals surface area contributed by atoms with Crippen molar-refractivity contribution in [3.05, 3.63) is 63.6 Å². The standard InChI is InChI=1S/C20H17BrN2O4/c1-12-15(9-13-10-16(21)18(27-3)17(11-13)26-2)20(25)23(22-12)19(24)14-7-5-4-6-8-14/h4-11H,1-3H3/b15-9+. The highest BCUT2D eigenvalue weighted by molar-refractivity contribution is 9.10. The molecule has 3 rings (SSSR count). The van der Waals surface area contributed by atoms with E-state index in [9.17, 15) is 9.59 Å². The first-order valence-electron chi connectivity index (χ1n) is 8.09. The van der Waals surface area contributed by atoms with E-state index < -0.39 is 11.8 Å². The minimum Gasteiger partial charge on any atom is -0.493 e. The lowest BCUT2D eigenvalue weighted by Gasteiger charge is -2.11. The number of carbonyl (C=O) groups excluding carboxylic acids is 2. The van der Waals surface area contributed by atoms with E-state index in [1.807, 2.05) is 0 Å². The Hall–Kier alpha value is -2.93. The molecular weight excluding hydrogens is 412 g/mol. The molecule has 6 nitrogen and oxygen atoms in total. The van der Waals surface area contributed by atoms with Crippen molar-refractivity contribution < 1.29 is 19.1 Å². The predicted octanol–water partition coefficient (Wildman–Crippen LogP) is 3.91. The lowest BCUT2D eigenvalue weighted by atomic mass is 10.1. The van der Waals surface area contributed by atoms with E-state index in [1.54, 1.807) is 62.6 Å². The van der Waals surface area contributed by atoms with Gasteiger partial charge < -0.3 is 9.47 Å². The number of ether oxygens (including phenoxy) is 2. The van der Waals surface area contributed by atoms with Gasteiger partial charge in [-0.05, 0) is 58.8 Å². The van der Waals surface area contributed by atoms with Crippen LogP contribution in [0.15, 0.2) is 57.6 Å². The van der Waals surface area contributed by atoms with E-state index in [0.29, 0.717) is 38.4 Å². The molecule has 138 valence electrons. The maximum Gasteiger partial charge on any atom is 0.283 e. The number of halogens is 1. The molecule has 27 heavy (non-hydrogen) atoms. The smallest absolute Gasteiger partial charge is 0.283 e. The van der Waals surface area contributed by atoms with Crippen LogP contribution in [0, 0.1) is 0 Å². The number of hydrogen-bond acceptors (Lipinski definition) is 5. The van der Waals surface area contributed by atoms with Crippen LogP contribution in [0.5, 0.6) is 11.5 Å². The highest BCUT2D eigenvalue weighted by atomic mass is 79.9. The zero-order chi connectivity index (χ0) is 19.6. The van der Waals surface area contributed by atoms with Gasteiger partial charge in [-0.15, -0.1) is 0 Å². The van der Waals surface area contributed by atoms with Gasteiger partial charge in [-0.25, -0.2) is 0 Å². The predicted molar refractivity (Wildman–Crippen MR) is 106 cm³/mol. The maximum atomic E-state index is 12.8. The molecule has 0 atom stereocenters. The van der Waals surface area contributed by atoms with Crippen molar-refractivity contribution in [2.75, 3.05) is 14.2 Å². The molecule has 0 fully saturated rings. The Labute approximate surface area is 165 Å². The number of methoxy groups -OCH3 is 2. The molecule has 2 aromatic rings. The van der Waals surface area contributed by atoms with E-state index in [1.165, 1.54) is 7.11 Å². The Balaban J connectivity index is 1.95. The molecule has 0 unspecified atom stereocenters. The highest BCUT2D eigenvalue weighted by Crippen LogP contribution is 2.37. The van der Waals surface area contributed by atoms with Gasteiger partial charge in [0, 0.05) is 5.56 Å². The monoisotopic (exact) mass is 428 g/mol. The summed E-state index contributed by atoms with van der Waals surface area (Å²) in [5, 5.41) is 5.03. The van der Waals surface area contributed by atoms with Gasteiger partial charge in [0.05, 0.1) is 30.0 Å². The van der Waals surface area contributed by atoms with E-state index >= 15 is 0 Å². The largest absolute Gasteiger partial charge is 0.493 e. The van der Waals surface area contributed by atoms with Gasteiger partial charge in [0.25, 0.3) is 11.8 Å². The molecular formula is C20H17BrN2O4. The van der Waals surface area contributed by atoms with Gasteiger partial charge in [-0.1, -0.05) is 18.2 Å². The van der Waals surface area contributed by atoms with Crippen LogP contribution in [-0.4, -0.2) is 36.8 Å². The third-order valence-electron chi connectivity index (χ3n) is 4.04. The molecule has 0 N–H and O–H groups in total. The van der Waals surface area contributed by atoms with Gasteiger partial charge in [-0.2, -0.15) is 10.1 Å². The van der Waals surface area contributed by atoms with Gasteiger partial charge in [0.15, 0.2) is 11.5 Å². The summed E-state index contributed by atoms with van der Waals surface area (Å²) in [5.74, 6) is 0.156. The number of amides is 2. The first kappa shape index (κ1) is 18.8. The van der Waals surface area contributed by atoms with E-state index in [-0.39, 0.29) is 0 Å². The summed E-state index contributed by atoms with van der Waals surface area (Å²) >= 11 is 3.43. The zero-order valence-corrected chi connectivity index (χ0v) is 16.6. The van der Waals surface area contributed by atoms with E-state index in [2.05, 4.69) is 21.0 Å². The van der Waals surface area contributed by atoms with Crippen molar-refractivity contribution in [2.24, 2.45) is 5.10 Å². The molecule has 1 aliphatic heterocycles. The zero-order valence-electron chi connectivity index (χ0n) is 15.0. The van der Waals surface area contributed by atoms with Crippen LogP contribution in [0.1, 0.15) is 22.8 Å². The van der Waals surface area contributed by atoms with Crippen molar-refractivity contribution >= 4 is 39.5 Å². The summed E-state index contributed by atoms with van der Waals surface area (Å²) in [6, 6.07) is 12.1. The minimum atomic E-state index is -0.465. The number of hydrogen-bond donors (Lipinski definition) is 0. The topological polar surface area (TPSA) is 68.2 Å². The number of carbonyl (C=O) groups is 2. The fourth-order valence-electron chi connectivity index (χ4n) is 2.71. The van der Waals surface area contributed by atoms with Gasteiger partial charge in [0.2, 0.25) is 0 Å². The Morgan fingerprint density at radius 3 is 2.48 bits per heavy atom. The molecule has 7 heteroatoms. The second-order valence-electron chi connectivity index (χ2n) is 5.77. The molecule has 0 aliphatic carbocycles. The summed E-state index contributed by atoms with van der Waals surface area (Å²) in [4.78, 5) is 25.3. The Kier molecular flexibility index (Phi) is 5.41. The molecule has 0 spiro atoms. The number of benzene rings is 2. The first-order valence-corrected chi connectivity index (χ1v) is 8.88. The summed E-state index contributed by atoms with van der Waals surface area (Å²) in [6.07, 6.45) is 1.67. The second kappa shape index (κ2) is 7.75. The van der Waals surface area contributed by atoms with Crippen molar-refractivity contribution in [1.29, 1.82) is 0 Å². The van der Waals surface area contributed by atoms with E-state index in [0.717, 1.165) is 5.01 Å². The molecule has 0 saturated heterocycles. The average molecular weight is 429 g/mol. The van der Waals surface area contributed by atoms with Crippen LogP contribution < -0.4 is 9.47 Å². The Morgan fingerprint density at radius 1 is 1.15 bits per heavy atom. The van der Waals surface area contributed by atoms with Crippen molar-refractivity contribution in [1.82, 2.24) is 5.01 Å². The molecule has 2 aromatic carbocycles. The number of nitrogens with zero attached hydrogens (tertiary/aromatic N) is 2. The normalized spacial score (nSPS) is 15.1. The van der Waals surface area contributed by atoms with Gasteiger partial charge in [-0.3, -0.25) is 9.59 Å². The first-order chi connectivity index (χ1) is 13.0. The van der Waals surface area contributed by atoms with Crippen molar-refractivity contribution in [2.45, 2.75) is 6.92 Å². The second-order valence-corrected chi connectivity index (χ2v) is 6.62. The van der Waals surface area contributed by atoms with Crippen molar-refractivity contribution in [3.8, 4) is 11.5 Å². The van der Waals surface area contributed by atoms with Gasteiger partial charge in [0.1, 0.15) is 0 Å². The van der Waals surface area contributed by atoms with Crippen molar-refractivity contribution in [3.63, 3.8) is 0 Å². The number of imide groups is 1. The van der Waals surface area contributed by atoms with Crippen LogP contribution in [0.25, 0.3) is 6.08 Å². The van der Waals surface area contributed by atoms with Crippen LogP contribution in [0.3, 0.4) is 0 Å². The molecule has 0 radical (unpaired) electrons. The third-order valence-corrected chi connectivity index (χ3v) is 4.63. The fraction of sp³-hybridized carbons (Fsp3) is 0.150. The third kappa shape index (κ3) is 3.64. The molecule has 0 bridgehead atoms. The fourth-order valence-corrected chi connectivity index (χ4v) is 3.33. The molecule has 2 amide bonds.